The molecule has 2 heterocycles. The van der Waals surface area contributed by atoms with Gasteiger partial charge in [-0.05, 0) is 38.8 Å². The largest absolute Gasteiger partial charge is 0.360 e. The number of nitrogens with zero attached hydrogens (tertiary/aromatic N) is 3. The highest BCUT2D eigenvalue weighted by molar-refractivity contribution is 8.02. The molecule has 7 heteroatoms. The van der Waals surface area contributed by atoms with Gasteiger partial charge >= 0.3 is 0 Å². The molecular formula is C16H20N4OS2. The molecule has 0 fully saturated rings. The lowest BCUT2D eigenvalue weighted by atomic mass is 10.1. The number of benzene rings is 1. The lowest BCUT2D eigenvalue weighted by Crippen LogP contribution is -2.40. The minimum atomic E-state index is -0.189. The topological polar surface area (TPSA) is 58.1 Å². The molecule has 0 saturated heterocycles. The van der Waals surface area contributed by atoms with Crippen molar-refractivity contribution in [2.75, 3.05) is 16.8 Å². The zero-order valence-electron chi connectivity index (χ0n) is 13.4. The van der Waals surface area contributed by atoms with Crippen LogP contribution in [0.5, 0.6) is 0 Å². The maximum Gasteiger partial charge on any atom is 0.240 e. The van der Waals surface area contributed by atoms with Crippen LogP contribution in [-0.4, -0.2) is 33.9 Å². The Hall–Kier alpha value is -1.60. The molecule has 0 spiro atoms. The summed E-state index contributed by atoms with van der Waals surface area (Å²) in [7, 11) is 0. The van der Waals surface area contributed by atoms with Gasteiger partial charge in [-0.3, -0.25) is 4.79 Å². The summed E-state index contributed by atoms with van der Waals surface area (Å²) in [6.07, 6.45) is 0.919. The number of fused-ring (bicyclic) bond motifs is 1. The number of hydrogen-bond donors (Lipinski definition) is 1. The summed E-state index contributed by atoms with van der Waals surface area (Å²) < 4.78 is 0.821. The summed E-state index contributed by atoms with van der Waals surface area (Å²) in [6, 6.07) is 8.35. The zero-order valence-corrected chi connectivity index (χ0v) is 15.1. The molecule has 2 aromatic rings. The summed E-state index contributed by atoms with van der Waals surface area (Å²) in [6.45, 7) is 6.88. The Morgan fingerprint density at radius 3 is 3.04 bits per heavy atom. The number of nitrogens with one attached hydrogen (secondary N) is 1. The van der Waals surface area contributed by atoms with Crippen LogP contribution in [0.1, 0.15) is 26.3 Å². The molecule has 0 aliphatic carbocycles. The lowest BCUT2D eigenvalue weighted by Gasteiger charge is -2.25. The van der Waals surface area contributed by atoms with Crippen molar-refractivity contribution >= 4 is 39.8 Å². The molecule has 5 nitrogen and oxygen atoms in total. The lowest BCUT2D eigenvalue weighted by molar-refractivity contribution is -0.118. The second kappa shape index (κ2) is 6.88. The second-order valence-electron chi connectivity index (χ2n) is 5.55. The van der Waals surface area contributed by atoms with Crippen molar-refractivity contribution in [3.63, 3.8) is 0 Å². The first-order valence-electron chi connectivity index (χ1n) is 7.75. The van der Waals surface area contributed by atoms with Crippen molar-refractivity contribution in [2.45, 2.75) is 42.8 Å². The quantitative estimate of drug-likeness (QED) is 0.839. The maximum absolute atomic E-state index is 12.9. The third kappa shape index (κ3) is 3.35. The van der Waals surface area contributed by atoms with E-state index in [2.05, 4.69) is 28.5 Å². The van der Waals surface area contributed by atoms with E-state index in [0.29, 0.717) is 0 Å². The highest BCUT2D eigenvalue weighted by atomic mass is 32.2. The Morgan fingerprint density at radius 1 is 1.48 bits per heavy atom. The van der Waals surface area contributed by atoms with E-state index in [4.69, 9.17) is 0 Å². The van der Waals surface area contributed by atoms with Crippen molar-refractivity contribution in [1.29, 1.82) is 0 Å². The van der Waals surface area contributed by atoms with Crippen molar-refractivity contribution in [3.8, 4) is 0 Å². The molecule has 0 radical (unpaired) electrons. The van der Waals surface area contributed by atoms with Gasteiger partial charge in [0.05, 0.1) is 5.25 Å². The van der Waals surface area contributed by atoms with Crippen LogP contribution in [0.3, 0.4) is 0 Å². The number of amides is 1. The minimum absolute atomic E-state index is 0.132. The number of para-hydroxylation sites is 1. The zero-order chi connectivity index (χ0) is 16.4. The van der Waals surface area contributed by atoms with E-state index in [-0.39, 0.29) is 17.2 Å². The molecule has 122 valence electrons. The fraction of sp³-hybridized carbons (Fsp3) is 0.438. The molecule has 1 aromatic heterocycles. The Morgan fingerprint density at radius 2 is 2.26 bits per heavy atom. The molecule has 1 aromatic carbocycles. The summed E-state index contributed by atoms with van der Waals surface area (Å²) in [5.41, 5.74) is 2.29. The SMILES string of the molecule is CCNc1nnc(S[C@H](C)C(=O)N2c3ccccc3C[C@H]2C)s1. The van der Waals surface area contributed by atoms with Gasteiger partial charge in [0.1, 0.15) is 0 Å². The maximum atomic E-state index is 12.9. The van der Waals surface area contributed by atoms with Crippen LogP contribution in [0, 0.1) is 0 Å². The average molecular weight is 348 g/mol. The number of thioether (sulfide) groups is 1. The van der Waals surface area contributed by atoms with Gasteiger partial charge in [0.2, 0.25) is 11.0 Å². The number of anilines is 2. The van der Waals surface area contributed by atoms with E-state index >= 15 is 0 Å². The summed E-state index contributed by atoms with van der Waals surface area (Å²) in [4.78, 5) is 14.8. The second-order valence-corrected chi connectivity index (χ2v) is 8.12. The standard InChI is InChI=1S/C16H20N4OS2/c1-4-17-15-18-19-16(23-15)22-11(3)14(21)20-10(2)9-12-7-5-6-8-13(12)20/h5-8,10-11H,4,9H2,1-3H3,(H,17,18)/t10-,11-/m1/s1. The van der Waals surface area contributed by atoms with Gasteiger partial charge in [-0.15, -0.1) is 10.2 Å². The summed E-state index contributed by atoms with van der Waals surface area (Å²) >= 11 is 2.97. The van der Waals surface area contributed by atoms with E-state index in [1.165, 1.54) is 28.7 Å². The van der Waals surface area contributed by atoms with Gasteiger partial charge in [0.25, 0.3) is 0 Å². The average Bonchev–Trinajstić information content (AvgIpc) is 3.10. The smallest absolute Gasteiger partial charge is 0.240 e. The predicted octanol–water partition coefficient (Wildman–Crippen LogP) is 3.43. The van der Waals surface area contributed by atoms with Gasteiger partial charge in [0, 0.05) is 18.3 Å². The summed E-state index contributed by atoms with van der Waals surface area (Å²) in [5.74, 6) is 0.132. The Balaban J connectivity index is 1.72. The van der Waals surface area contributed by atoms with Gasteiger partial charge in [-0.25, -0.2) is 0 Å². The fourth-order valence-corrected chi connectivity index (χ4v) is 4.79. The van der Waals surface area contributed by atoms with Crippen LogP contribution in [0.4, 0.5) is 10.8 Å². The van der Waals surface area contributed by atoms with Gasteiger partial charge in [0.15, 0.2) is 4.34 Å². The molecule has 0 unspecified atom stereocenters. The van der Waals surface area contributed by atoms with Crippen LogP contribution < -0.4 is 10.2 Å². The Bertz CT molecular complexity index is 703. The van der Waals surface area contributed by atoms with E-state index in [9.17, 15) is 4.79 Å². The van der Waals surface area contributed by atoms with Crippen molar-refractivity contribution < 1.29 is 4.79 Å². The van der Waals surface area contributed by atoms with Crippen LogP contribution in [0.25, 0.3) is 0 Å². The first-order chi connectivity index (χ1) is 11.1. The Kier molecular flexibility index (Phi) is 4.87. The number of carbonyl (C=O) groups excluding carboxylic acids is 1. The van der Waals surface area contributed by atoms with Crippen molar-refractivity contribution in [3.05, 3.63) is 29.8 Å². The predicted molar refractivity (Wildman–Crippen MR) is 96.5 cm³/mol. The van der Waals surface area contributed by atoms with Crippen LogP contribution >= 0.6 is 23.1 Å². The normalized spacial score (nSPS) is 17.9. The number of aromatic nitrogens is 2. The molecule has 1 N–H and O–H groups in total. The Labute approximate surface area is 144 Å². The molecular weight excluding hydrogens is 328 g/mol. The van der Waals surface area contributed by atoms with Crippen LogP contribution in [0.15, 0.2) is 28.6 Å². The molecule has 1 aliphatic heterocycles. The van der Waals surface area contributed by atoms with E-state index in [1.807, 2.05) is 36.9 Å². The number of rotatable bonds is 5. The number of hydrogen-bond acceptors (Lipinski definition) is 6. The van der Waals surface area contributed by atoms with Gasteiger partial charge in [-0.2, -0.15) is 0 Å². The van der Waals surface area contributed by atoms with E-state index in [0.717, 1.165) is 28.1 Å². The molecule has 1 aliphatic rings. The third-order valence-electron chi connectivity index (χ3n) is 3.80. The third-order valence-corrected chi connectivity index (χ3v) is 5.86. The minimum Gasteiger partial charge on any atom is -0.360 e. The first kappa shape index (κ1) is 16.3. The van der Waals surface area contributed by atoms with Crippen LogP contribution in [0.2, 0.25) is 0 Å². The molecule has 1 amide bonds. The van der Waals surface area contributed by atoms with E-state index < -0.39 is 0 Å². The molecule has 0 saturated carbocycles. The van der Waals surface area contributed by atoms with Gasteiger partial charge < -0.3 is 10.2 Å². The van der Waals surface area contributed by atoms with Crippen LogP contribution in [-0.2, 0) is 11.2 Å². The van der Waals surface area contributed by atoms with Crippen molar-refractivity contribution in [1.82, 2.24) is 10.2 Å². The fourth-order valence-electron chi connectivity index (χ4n) is 2.78. The highest BCUT2D eigenvalue weighted by Gasteiger charge is 2.33. The molecule has 23 heavy (non-hydrogen) atoms. The highest BCUT2D eigenvalue weighted by Crippen LogP contribution is 2.35. The molecule has 3 rings (SSSR count). The van der Waals surface area contributed by atoms with E-state index in [1.54, 1.807) is 0 Å². The number of carbonyl (C=O) groups is 1. The van der Waals surface area contributed by atoms with Gasteiger partial charge in [-0.1, -0.05) is 41.3 Å². The molecule has 2 atom stereocenters. The first-order valence-corrected chi connectivity index (χ1v) is 9.44. The summed E-state index contributed by atoms with van der Waals surface area (Å²) in [5, 5.41) is 12.0. The monoisotopic (exact) mass is 348 g/mol. The molecule has 0 bridgehead atoms. The van der Waals surface area contributed by atoms with Crippen molar-refractivity contribution in [2.24, 2.45) is 0 Å².